The Hall–Kier alpha value is -3.49. The van der Waals surface area contributed by atoms with Crippen LogP contribution in [0.25, 0.3) is 17.4 Å². The summed E-state index contributed by atoms with van der Waals surface area (Å²) in [4.78, 5) is 14.9. The van der Waals surface area contributed by atoms with Crippen molar-refractivity contribution in [3.63, 3.8) is 0 Å². The first-order valence-electron chi connectivity index (χ1n) is 10.5. The van der Waals surface area contributed by atoms with Gasteiger partial charge in [-0.05, 0) is 32.8 Å². The molecule has 0 aromatic carbocycles. The maximum atomic E-state index is 13.0. The monoisotopic (exact) mass is 421 g/mol. The molecule has 0 aliphatic carbocycles. The number of aromatic amines is 1. The van der Waals surface area contributed by atoms with Gasteiger partial charge in [0.05, 0.1) is 41.1 Å². The quantitative estimate of drug-likeness (QED) is 0.587. The van der Waals surface area contributed by atoms with E-state index in [1.807, 2.05) is 37.0 Å². The molecule has 0 spiro atoms. The molecular formula is C22H27N7O2. The maximum absolute atomic E-state index is 13.0. The van der Waals surface area contributed by atoms with E-state index in [-0.39, 0.29) is 11.8 Å². The Balaban J connectivity index is 1.42. The van der Waals surface area contributed by atoms with E-state index in [0.717, 1.165) is 47.7 Å². The van der Waals surface area contributed by atoms with Crippen LogP contribution in [0.1, 0.15) is 48.0 Å². The number of nitrogens with one attached hydrogen (secondary N) is 1. The Morgan fingerprint density at radius 3 is 3.06 bits per heavy atom. The second kappa shape index (κ2) is 9.11. The number of amides is 1. The number of likely N-dealkylation sites (tertiary alicyclic amines) is 1. The highest BCUT2D eigenvalue weighted by Crippen LogP contribution is 2.33. The Kier molecular flexibility index (Phi) is 6.11. The van der Waals surface area contributed by atoms with Crippen molar-refractivity contribution in [2.24, 2.45) is 0 Å². The molecule has 162 valence electrons. The maximum Gasteiger partial charge on any atom is 0.224 e. The fraction of sp³-hybridized carbons (Fsp3) is 0.409. The van der Waals surface area contributed by atoms with Crippen LogP contribution in [0.4, 0.5) is 0 Å². The lowest BCUT2D eigenvalue weighted by molar-refractivity contribution is -0.132. The molecule has 9 nitrogen and oxygen atoms in total. The zero-order valence-electron chi connectivity index (χ0n) is 17.9. The van der Waals surface area contributed by atoms with Gasteiger partial charge in [0.25, 0.3) is 0 Å². The Bertz CT molecular complexity index is 1090. The van der Waals surface area contributed by atoms with Crippen molar-refractivity contribution < 1.29 is 9.32 Å². The molecular weight excluding hydrogens is 394 g/mol. The number of carbonyl (C=O) groups is 1. The third-order valence-electron chi connectivity index (χ3n) is 5.62. The molecule has 1 N–H and O–H groups in total. The molecule has 0 radical (unpaired) electrons. The number of aryl methyl sites for hydroxylation is 3. The summed E-state index contributed by atoms with van der Waals surface area (Å²) in [5.74, 6) is 1.000. The lowest BCUT2D eigenvalue weighted by Gasteiger charge is -2.32. The van der Waals surface area contributed by atoms with Crippen molar-refractivity contribution in [3.8, 4) is 11.3 Å². The molecule has 1 aliphatic heterocycles. The van der Waals surface area contributed by atoms with Gasteiger partial charge in [0.15, 0.2) is 5.76 Å². The molecule has 9 heteroatoms. The highest BCUT2D eigenvalue weighted by Gasteiger charge is 2.28. The molecule has 4 rings (SSSR count). The molecule has 4 heterocycles. The van der Waals surface area contributed by atoms with Crippen molar-refractivity contribution in [3.05, 3.63) is 53.8 Å². The summed E-state index contributed by atoms with van der Waals surface area (Å²) < 4.78 is 7.20. The number of aromatic nitrogens is 6. The summed E-state index contributed by atoms with van der Waals surface area (Å²) in [6, 6.07) is 1.90. The Morgan fingerprint density at radius 1 is 1.42 bits per heavy atom. The summed E-state index contributed by atoms with van der Waals surface area (Å²) in [6.45, 7) is 9.40. The minimum absolute atomic E-state index is 0.119. The third-order valence-corrected chi connectivity index (χ3v) is 5.62. The molecule has 1 aliphatic rings. The normalized spacial score (nSPS) is 16.8. The number of allylic oxidation sites excluding steroid dienone is 2. The fourth-order valence-corrected chi connectivity index (χ4v) is 4.03. The molecule has 1 saturated heterocycles. The van der Waals surface area contributed by atoms with Crippen LogP contribution in [0.15, 0.2) is 35.5 Å². The minimum Gasteiger partial charge on any atom is -0.356 e. The van der Waals surface area contributed by atoms with Crippen molar-refractivity contribution in [2.45, 2.75) is 45.6 Å². The van der Waals surface area contributed by atoms with Gasteiger partial charge < -0.3 is 9.42 Å². The predicted molar refractivity (Wildman–Crippen MR) is 116 cm³/mol. The van der Waals surface area contributed by atoms with Crippen molar-refractivity contribution in [1.82, 2.24) is 35.2 Å². The molecule has 3 aromatic heterocycles. The first kappa shape index (κ1) is 20.8. The molecule has 0 unspecified atom stereocenters. The van der Waals surface area contributed by atoms with E-state index >= 15 is 0 Å². The number of rotatable bonds is 7. The summed E-state index contributed by atoms with van der Waals surface area (Å²) in [5.41, 5.74) is 4.47. The van der Waals surface area contributed by atoms with Crippen LogP contribution in [0.5, 0.6) is 0 Å². The lowest BCUT2D eigenvalue weighted by atomic mass is 9.91. The van der Waals surface area contributed by atoms with Gasteiger partial charge in [-0.15, -0.1) is 5.10 Å². The van der Waals surface area contributed by atoms with E-state index in [2.05, 4.69) is 32.2 Å². The Morgan fingerprint density at radius 2 is 2.29 bits per heavy atom. The van der Waals surface area contributed by atoms with Gasteiger partial charge in [-0.1, -0.05) is 29.1 Å². The summed E-state index contributed by atoms with van der Waals surface area (Å²) in [6.07, 6.45) is 9.54. The van der Waals surface area contributed by atoms with Gasteiger partial charge in [-0.2, -0.15) is 5.10 Å². The zero-order valence-corrected chi connectivity index (χ0v) is 17.9. The smallest absolute Gasteiger partial charge is 0.224 e. The number of nitrogens with zero attached hydrogens (tertiary/aromatic N) is 6. The van der Waals surface area contributed by atoms with Gasteiger partial charge in [-0.25, -0.2) is 4.68 Å². The average molecular weight is 422 g/mol. The van der Waals surface area contributed by atoms with E-state index in [4.69, 9.17) is 4.52 Å². The van der Waals surface area contributed by atoms with Gasteiger partial charge in [0.2, 0.25) is 5.91 Å². The van der Waals surface area contributed by atoms with Gasteiger partial charge in [0, 0.05) is 31.5 Å². The SMILES string of the molecule is C=C/C=C\c1c(C)nnn1CCC(=O)N1CCC[C@@H](c2[nH]ncc2-c2cc(C)no2)C1. The summed E-state index contributed by atoms with van der Waals surface area (Å²) >= 11 is 0. The Labute approximate surface area is 180 Å². The van der Waals surface area contributed by atoms with E-state index < -0.39 is 0 Å². The third kappa shape index (κ3) is 4.50. The highest BCUT2D eigenvalue weighted by molar-refractivity contribution is 5.76. The van der Waals surface area contributed by atoms with Crippen molar-refractivity contribution >= 4 is 12.0 Å². The highest BCUT2D eigenvalue weighted by atomic mass is 16.5. The zero-order chi connectivity index (χ0) is 21.8. The lowest BCUT2D eigenvalue weighted by Crippen LogP contribution is -2.39. The van der Waals surface area contributed by atoms with Crippen LogP contribution in [-0.4, -0.2) is 54.2 Å². The standard InChI is InChI=1S/C22H27N7O2/c1-4-5-8-19-16(3)24-27-29(19)11-9-21(30)28-10-6-7-17(14-28)22-18(13-23-25-22)20-12-15(2)26-31-20/h4-5,8,12-13,17H,1,6-7,9-11,14H2,2-3H3,(H,23,25)/b8-5-/t17-/m1/s1. The minimum atomic E-state index is 0.119. The van der Waals surface area contributed by atoms with Crippen LogP contribution in [0, 0.1) is 13.8 Å². The van der Waals surface area contributed by atoms with Gasteiger partial charge in [-0.3, -0.25) is 9.89 Å². The molecule has 0 bridgehead atoms. The summed E-state index contributed by atoms with van der Waals surface area (Å²) in [5, 5.41) is 19.6. The van der Waals surface area contributed by atoms with Crippen LogP contribution < -0.4 is 0 Å². The number of piperidine rings is 1. The molecule has 0 saturated carbocycles. The summed E-state index contributed by atoms with van der Waals surface area (Å²) in [7, 11) is 0. The van der Waals surface area contributed by atoms with E-state index in [9.17, 15) is 4.79 Å². The van der Waals surface area contributed by atoms with E-state index in [0.29, 0.717) is 25.3 Å². The first-order valence-corrected chi connectivity index (χ1v) is 10.5. The average Bonchev–Trinajstić information content (AvgIpc) is 3.51. The number of carbonyl (C=O) groups excluding carboxylic acids is 1. The van der Waals surface area contributed by atoms with E-state index in [1.165, 1.54) is 0 Å². The van der Waals surface area contributed by atoms with Gasteiger partial charge >= 0.3 is 0 Å². The van der Waals surface area contributed by atoms with Gasteiger partial charge in [0.1, 0.15) is 0 Å². The van der Waals surface area contributed by atoms with E-state index in [1.54, 1.807) is 17.0 Å². The van der Waals surface area contributed by atoms with Crippen LogP contribution in [0.3, 0.4) is 0 Å². The molecule has 1 atom stereocenters. The second-order valence-corrected chi connectivity index (χ2v) is 7.84. The first-order chi connectivity index (χ1) is 15.1. The molecule has 31 heavy (non-hydrogen) atoms. The second-order valence-electron chi connectivity index (χ2n) is 7.84. The topological polar surface area (TPSA) is 106 Å². The molecule has 1 amide bonds. The number of hydrogen-bond donors (Lipinski definition) is 1. The van der Waals surface area contributed by atoms with Crippen LogP contribution in [0.2, 0.25) is 0 Å². The van der Waals surface area contributed by atoms with Crippen LogP contribution in [-0.2, 0) is 11.3 Å². The van der Waals surface area contributed by atoms with Crippen molar-refractivity contribution in [1.29, 1.82) is 0 Å². The number of hydrogen-bond acceptors (Lipinski definition) is 6. The fourth-order valence-electron chi connectivity index (χ4n) is 4.03. The molecule has 1 fully saturated rings. The largest absolute Gasteiger partial charge is 0.356 e. The molecule has 3 aromatic rings. The predicted octanol–water partition coefficient (Wildman–Crippen LogP) is 3.27. The number of H-pyrrole nitrogens is 1. The van der Waals surface area contributed by atoms with Crippen molar-refractivity contribution in [2.75, 3.05) is 13.1 Å². The van der Waals surface area contributed by atoms with Crippen LogP contribution >= 0.6 is 0 Å².